The minimum atomic E-state index is -1.70. The predicted molar refractivity (Wildman–Crippen MR) is 56.0 cm³/mol. The topological polar surface area (TPSA) is 116 Å². The molecular weight excluding hydrogens is 212 g/mol. The van der Waals surface area contributed by atoms with Gasteiger partial charge in [0, 0.05) is 5.56 Å². The van der Waals surface area contributed by atoms with Crippen molar-refractivity contribution >= 4 is 12.1 Å². The summed E-state index contributed by atoms with van der Waals surface area (Å²) in [6.07, 6.45) is -2.06. The van der Waals surface area contributed by atoms with Gasteiger partial charge in [-0.25, -0.2) is 0 Å². The van der Waals surface area contributed by atoms with Crippen LogP contribution in [-0.4, -0.2) is 33.6 Å². The molecule has 0 radical (unpaired) electrons. The lowest BCUT2D eigenvalue weighted by molar-refractivity contribution is -0.131. The smallest absolute Gasteiger partial charge is 0.249 e. The van der Waals surface area contributed by atoms with Crippen LogP contribution in [0.1, 0.15) is 17.2 Å². The molecule has 0 spiro atoms. The maximum atomic E-state index is 10.7. The molecular formula is C10H12N2O4. The third-order valence-corrected chi connectivity index (χ3v) is 2.10. The molecule has 2 atom stereocenters. The highest BCUT2D eigenvalue weighted by Crippen LogP contribution is 2.19. The maximum absolute atomic E-state index is 10.7. The molecule has 6 heteroatoms. The number of carbonyl (C=O) groups is 1. The Balaban J connectivity index is 3.07. The molecule has 1 aromatic rings. The van der Waals surface area contributed by atoms with Gasteiger partial charge in [0.1, 0.15) is 6.10 Å². The highest BCUT2D eigenvalue weighted by Gasteiger charge is 2.24. The molecule has 6 nitrogen and oxygen atoms in total. The third-order valence-electron chi connectivity index (χ3n) is 2.10. The molecule has 0 saturated carbocycles. The van der Waals surface area contributed by atoms with Gasteiger partial charge in [-0.3, -0.25) is 4.79 Å². The van der Waals surface area contributed by atoms with E-state index >= 15 is 0 Å². The van der Waals surface area contributed by atoms with Crippen molar-refractivity contribution in [1.82, 2.24) is 0 Å². The van der Waals surface area contributed by atoms with Gasteiger partial charge in [-0.2, -0.15) is 0 Å². The summed E-state index contributed by atoms with van der Waals surface area (Å²) in [6, 6.07) is 6.32. The van der Waals surface area contributed by atoms with Crippen LogP contribution in [0.3, 0.4) is 0 Å². The van der Waals surface area contributed by atoms with E-state index in [1.54, 1.807) is 18.2 Å². The van der Waals surface area contributed by atoms with Gasteiger partial charge in [0.15, 0.2) is 6.10 Å². The van der Waals surface area contributed by atoms with Crippen molar-refractivity contribution < 1.29 is 20.2 Å². The molecule has 86 valence electrons. The number of hydrogen-bond acceptors (Lipinski definition) is 5. The number of benzene rings is 1. The fourth-order valence-corrected chi connectivity index (χ4v) is 1.29. The molecule has 0 aromatic heterocycles. The van der Waals surface area contributed by atoms with Gasteiger partial charge in [-0.1, -0.05) is 29.4 Å². The number of nitrogens with zero attached hydrogens (tertiary/aromatic N) is 1. The van der Waals surface area contributed by atoms with E-state index in [9.17, 15) is 15.0 Å². The van der Waals surface area contributed by atoms with E-state index in [4.69, 9.17) is 10.9 Å². The molecule has 0 bridgehead atoms. The number of aliphatic hydroxyl groups excluding tert-OH is 2. The second kappa shape index (κ2) is 5.24. The quantitative estimate of drug-likeness (QED) is 0.309. The van der Waals surface area contributed by atoms with Crippen LogP contribution in [-0.2, 0) is 4.79 Å². The first kappa shape index (κ1) is 12.2. The number of amides is 1. The van der Waals surface area contributed by atoms with Crippen molar-refractivity contribution in [3.05, 3.63) is 35.4 Å². The number of aliphatic hydroxyl groups is 2. The summed E-state index contributed by atoms with van der Waals surface area (Å²) in [5.74, 6) is -1.02. The summed E-state index contributed by atoms with van der Waals surface area (Å²) in [7, 11) is 0. The minimum Gasteiger partial charge on any atom is -0.411 e. The van der Waals surface area contributed by atoms with Crippen molar-refractivity contribution in [2.24, 2.45) is 10.9 Å². The number of hydrogen-bond donors (Lipinski definition) is 4. The van der Waals surface area contributed by atoms with E-state index in [-0.39, 0.29) is 5.56 Å². The standard InChI is InChI=1S/C10H12N2O4/c11-10(15)9(14)8(13)7-4-2-1-3-6(7)5-12-16/h1-5,8-9,13-14,16H,(H2,11,15). The Labute approximate surface area is 91.6 Å². The fourth-order valence-electron chi connectivity index (χ4n) is 1.29. The van der Waals surface area contributed by atoms with Crippen LogP contribution in [0.4, 0.5) is 0 Å². The number of nitrogens with two attached hydrogens (primary N) is 1. The largest absolute Gasteiger partial charge is 0.411 e. The summed E-state index contributed by atoms with van der Waals surface area (Å²) >= 11 is 0. The molecule has 0 saturated heterocycles. The van der Waals surface area contributed by atoms with Gasteiger partial charge in [-0.05, 0) is 5.56 Å². The lowest BCUT2D eigenvalue weighted by atomic mass is 9.99. The lowest BCUT2D eigenvalue weighted by Crippen LogP contribution is -2.34. The molecule has 0 aliphatic heterocycles. The van der Waals surface area contributed by atoms with Crippen LogP contribution in [0, 0.1) is 0 Å². The number of primary amides is 1. The van der Waals surface area contributed by atoms with E-state index < -0.39 is 18.1 Å². The highest BCUT2D eigenvalue weighted by molar-refractivity contribution is 5.83. The molecule has 2 unspecified atom stereocenters. The molecule has 5 N–H and O–H groups in total. The van der Waals surface area contributed by atoms with E-state index in [2.05, 4.69) is 5.16 Å². The summed E-state index contributed by atoms with van der Waals surface area (Å²) in [4.78, 5) is 10.7. The van der Waals surface area contributed by atoms with Crippen molar-refractivity contribution in [2.45, 2.75) is 12.2 Å². The Bertz CT molecular complexity index is 406. The zero-order valence-electron chi connectivity index (χ0n) is 8.32. The van der Waals surface area contributed by atoms with Crippen LogP contribution >= 0.6 is 0 Å². The summed E-state index contributed by atoms with van der Waals surface area (Å²) in [6.45, 7) is 0. The zero-order chi connectivity index (χ0) is 12.1. The molecule has 1 amide bonds. The number of oxime groups is 1. The van der Waals surface area contributed by atoms with Gasteiger partial charge in [0.25, 0.3) is 0 Å². The van der Waals surface area contributed by atoms with E-state index in [1.807, 2.05) is 0 Å². The molecule has 1 rings (SSSR count). The molecule has 16 heavy (non-hydrogen) atoms. The minimum absolute atomic E-state index is 0.256. The second-order valence-electron chi connectivity index (χ2n) is 3.17. The average Bonchev–Trinajstić information content (AvgIpc) is 2.28. The van der Waals surface area contributed by atoms with Crippen LogP contribution in [0.15, 0.2) is 29.4 Å². The Morgan fingerprint density at radius 1 is 1.38 bits per heavy atom. The van der Waals surface area contributed by atoms with Gasteiger partial charge < -0.3 is 21.2 Å². The highest BCUT2D eigenvalue weighted by atomic mass is 16.4. The first-order chi connectivity index (χ1) is 7.57. The van der Waals surface area contributed by atoms with Crippen LogP contribution in [0.5, 0.6) is 0 Å². The normalized spacial score (nSPS) is 14.9. The molecule has 0 aliphatic rings. The number of carbonyl (C=O) groups excluding carboxylic acids is 1. The van der Waals surface area contributed by atoms with Crippen molar-refractivity contribution in [1.29, 1.82) is 0 Å². The van der Waals surface area contributed by atoms with Crippen molar-refractivity contribution in [3.8, 4) is 0 Å². The average molecular weight is 224 g/mol. The van der Waals surface area contributed by atoms with Crippen LogP contribution in [0.25, 0.3) is 0 Å². The Morgan fingerprint density at radius 2 is 2.00 bits per heavy atom. The predicted octanol–water partition coefficient (Wildman–Crippen LogP) is -0.626. The first-order valence-electron chi connectivity index (χ1n) is 4.49. The van der Waals surface area contributed by atoms with E-state index in [0.29, 0.717) is 5.56 Å². The lowest BCUT2D eigenvalue weighted by Gasteiger charge is -2.16. The monoisotopic (exact) mass is 224 g/mol. The molecule has 0 heterocycles. The summed E-state index contributed by atoms with van der Waals surface area (Å²) in [5, 5.41) is 30.2. The Kier molecular flexibility index (Phi) is 3.98. The number of rotatable bonds is 4. The molecule has 1 aromatic carbocycles. The van der Waals surface area contributed by atoms with Crippen LogP contribution in [0.2, 0.25) is 0 Å². The zero-order valence-corrected chi connectivity index (χ0v) is 8.32. The summed E-state index contributed by atoms with van der Waals surface area (Å²) < 4.78 is 0. The third kappa shape index (κ3) is 2.56. The molecule has 0 fully saturated rings. The van der Waals surface area contributed by atoms with E-state index in [1.165, 1.54) is 6.07 Å². The van der Waals surface area contributed by atoms with Crippen molar-refractivity contribution in [2.75, 3.05) is 0 Å². The van der Waals surface area contributed by atoms with Gasteiger partial charge >= 0.3 is 0 Å². The van der Waals surface area contributed by atoms with Gasteiger partial charge in [0.2, 0.25) is 5.91 Å². The maximum Gasteiger partial charge on any atom is 0.249 e. The van der Waals surface area contributed by atoms with Crippen molar-refractivity contribution in [3.63, 3.8) is 0 Å². The second-order valence-corrected chi connectivity index (χ2v) is 3.17. The molecule has 0 aliphatic carbocycles. The fraction of sp³-hybridized carbons (Fsp3) is 0.200. The first-order valence-corrected chi connectivity index (χ1v) is 4.49. The SMILES string of the molecule is NC(=O)C(O)C(O)c1ccccc1C=NO. The van der Waals surface area contributed by atoms with Gasteiger partial charge in [-0.15, -0.1) is 0 Å². The van der Waals surface area contributed by atoms with E-state index in [0.717, 1.165) is 6.21 Å². The van der Waals surface area contributed by atoms with Crippen LogP contribution < -0.4 is 5.73 Å². The Morgan fingerprint density at radius 3 is 2.56 bits per heavy atom. The van der Waals surface area contributed by atoms with Gasteiger partial charge in [0.05, 0.1) is 6.21 Å². The summed E-state index contributed by atoms with van der Waals surface area (Å²) in [5.41, 5.74) is 5.51. The Hall–Kier alpha value is -1.92.